The van der Waals surface area contributed by atoms with E-state index in [-0.39, 0.29) is 23.7 Å². The molecular formula is C19H26N2O4. The number of rotatable bonds is 4. The van der Waals surface area contributed by atoms with Crippen molar-refractivity contribution >= 4 is 17.5 Å². The predicted octanol–water partition coefficient (Wildman–Crippen LogP) is 2.30. The second kappa shape index (κ2) is 8.34. The van der Waals surface area contributed by atoms with Crippen LogP contribution in [0.3, 0.4) is 0 Å². The minimum absolute atomic E-state index is 0.0177. The highest BCUT2D eigenvalue weighted by Crippen LogP contribution is 2.31. The lowest BCUT2D eigenvalue weighted by Crippen LogP contribution is -2.44. The van der Waals surface area contributed by atoms with Crippen molar-refractivity contribution in [1.82, 2.24) is 4.90 Å². The first-order valence-corrected chi connectivity index (χ1v) is 8.99. The van der Waals surface area contributed by atoms with Gasteiger partial charge in [-0.25, -0.2) is 0 Å². The van der Waals surface area contributed by atoms with E-state index in [0.717, 1.165) is 37.1 Å². The quantitative estimate of drug-likeness (QED) is 0.908. The van der Waals surface area contributed by atoms with Crippen molar-refractivity contribution in [3.63, 3.8) is 0 Å². The van der Waals surface area contributed by atoms with Gasteiger partial charge in [0.15, 0.2) is 0 Å². The molecule has 0 bridgehead atoms. The number of hydrogen-bond donors (Lipinski definition) is 1. The molecule has 1 saturated heterocycles. The summed E-state index contributed by atoms with van der Waals surface area (Å²) in [6.07, 6.45) is 3.11. The Morgan fingerprint density at radius 2 is 1.64 bits per heavy atom. The molecule has 0 aromatic heterocycles. The van der Waals surface area contributed by atoms with Crippen LogP contribution in [-0.2, 0) is 14.3 Å². The molecular weight excluding hydrogens is 320 g/mol. The van der Waals surface area contributed by atoms with Crippen LogP contribution in [0.2, 0.25) is 0 Å². The number of nitrogens with zero attached hydrogens (tertiary/aromatic N) is 1. The zero-order valence-corrected chi connectivity index (χ0v) is 14.7. The zero-order chi connectivity index (χ0) is 17.6. The van der Waals surface area contributed by atoms with Crippen molar-refractivity contribution in [1.29, 1.82) is 0 Å². The molecule has 0 spiro atoms. The number of morpholine rings is 1. The van der Waals surface area contributed by atoms with Gasteiger partial charge in [0.05, 0.1) is 20.3 Å². The lowest BCUT2D eigenvalue weighted by molar-refractivity contribution is -0.141. The normalized spacial score (nSPS) is 23.8. The number of carbonyl (C=O) groups is 2. The average molecular weight is 346 g/mol. The summed E-state index contributed by atoms with van der Waals surface area (Å²) >= 11 is 0. The van der Waals surface area contributed by atoms with E-state index in [1.165, 1.54) is 0 Å². The summed E-state index contributed by atoms with van der Waals surface area (Å²) in [5, 5.41) is 2.96. The van der Waals surface area contributed by atoms with Gasteiger partial charge in [-0.15, -0.1) is 0 Å². The van der Waals surface area contributed by atoms with Crippen LogP contribution < -0.4 is 10.1 Å². The molecule has 2 aliphatic rings. The number of hydrogen-bond acceptors (Lipinski definition) is 4. The fourth-order valence-electron chi connectivity index (χ4n) is 3.56. The lowest BCUT2D eigenvalue weighted by Gasteiger charge is -2.33. The molecule has 1 N–H and O–H groups in total. The first kappa shape index (κ1) is 17.7. The summed E-state index contributed by atoms with van der Waals surface area (Å²) in [6, 6.07) is 7.33. The highest BCUT2D eigenvalue weighted by molar-refractivity contribution is 5.92. The number of methoxy groups -OCH3 is 1. The van der Waals surface area contributed by atoms with E-state index in [4.69, 9.17) is 9.47 Å². The summed E-state index contributed by atoms with van der Waals surface area (Å²) in [6.45, 7) is 2.64. The van der Waals surface area contributed by atoms with Crippen LogP contribution in [-0.4, -0.2) is 50.1 Å². The number of nitrogens with one attached hydrogen (secondary N) is 1. The Labute approximate surface area is 148 Å². The van der Waals surface area contributed by atoms with E-state index in [2.05, 4.69) is 5.32 Å². The Morgan fingerprint density at radius 1 is 1.04 bits per heavy atom. The summed E-state index contributed by atoms with van der Waals surface area (Å²) in [4.78, 5) is 26.9. The Morgan fingerprint density at radius 3 is 2.24 bits per heavy atom. The van der Waals surface area contributed by atoms with Crippen LogP contribution in [0.1, 0.15) is 25.7 Å². The van der Waals surface area contributed by atoms with Gasteiger partial charge in [-0.3, -0.25) is 9.59 Å². The van der Waals surface area contributed by atoms with Gasteiger partial charge in [0, 0.05) is 30.6 Å². The fourth-order valence-corrected chi connectivity index (χ4v) is 3.56. The zero-order valence-electron chi connectivity index (χ0n) is 14.7. The largest absolute Gasteiger partial charge is 0.497 e. The SMILES string of the molecule is COc1ccc(NC(=O)C2CCC(C(=O)N3CCOCC3)CC2)cc1. The fraction of sp³-hybridized carbons (Fsp3) is 0.579. The van der Waals surface area contributed by atoms with Crippen LogP contribution in [0.25, 0.3) is 0 Å². The first-order valence-electron chi connectivity index (χ1n) is 8.99. The molecule has 0 unspecified atom stereocenters. The monoisotopic (exact) mass is 346 g/mol. The van der Waals surface area contributed by atoms with Crippen LogP contribution in [0.4, 0.5) is 5.69 Å². The van der Waals surface area contributed by atoms with Crippen LogP contribution in [0.15, 0.2) is 24.3 Å². The van der Waals surface area contributed by atoms with E-state index < -0.39 is 0 Å². The topological polar surface area (TPSA) is 67.9 Å². The van der Waals surface area contributed by atoms with Crippen molar-refractivity contribution in [2.24, 2.45) is 11.8 Å². The van der Waals surface area contributed by atoms with Crippen LogP contribution >= 0.6 is 0 Å². The van der Waals surface area contributed by atoms with Gasteiger partial charge in [-0.05, 0) is 49.9 Å². The summed E-state index contributed by atoms with van der Waals surface area (Å²) in [5.74, 6) is 1.08. The van der Waals surface area contributed by atoms with Crippen molar-refractivity contribution in [3.05, 3.63) is 24.3 Å². The van der Waals surface area contributed by atoms with Gasteiger partial charge in [0.2, 0.25) is 11.8 Å². The molecule has 1 aromatic carbocycles. The van der Waals surface area contributed by atoms with Crippen molar-refractivity contribution in [3.8, 4) is 5.75 Å². The molecule has 25 heavy (non-hydrogen) atoms. The molecule has 6 heteroatoms. The summed E-state index contributed by atoms with van der Waals surface area (Å²) in [7, 11) is 1.62. The molecule has 3 rings (SSSR count). The number of anilines is 1. The minimum atomic E-state index is -0.0177. The van der Waals surface area contributed by atoms with Crippen LogP contribution in [0.5, 0.6) is 5.75 Å². The highest BCUT2D eigenvalue weighted by Gasteiger charge is 2.32. The molecule has 0 radical (unpaired) electrons. The number of carbonyl (C=O) groups excluding carboxylic acids is 2. The van der Waals surface area contributed by atoms with Gasteiger partial charge >= 0.3 is 0 Å². The third-order valence-electron chi connectivity index (χ3n) is 5.13. The second-order valence-electron chi connectivity index (χ2n) is 6.70. The van der Waals surface area contributed by atoms with Gasteiger partial charge in [-0.1, -0.05) is 0 Å². The Hall–Kier alpha value is -2.08. The predicted molar refractivity (Wildman–Crippen MR) is 94.5 cm³/mol. The number of ether oxygens (including phenoxy) is 2. The smallest absolute Gasteiger partial charge is 0.227 e. The van der Waals surface area contributed by atoms with E-state index >= 15 is 0 Å². The minimum Gasteiger partial charge on any atom is -0.497 e. The molecule has 136 valence electrons. The van der Waals surface area contributed by atoms with Crippen molar-refractivity contribution in [2.45, 2.75) is 25.7 Å². The average Bonchev–Trinajstić information content (AvgIpc) is 2.69. The first-order chi connectivity index (χ1) is 12.2. The van der Waals surface area contributed by atoms with Gasteiger partial charge in [-0.2, -0.15) is 0 Å². The molecule has 2 fully saturated rings. The van der Waals surface area contributed by atoms with Crippen molar-refractivity contribution < 1.29 is 19.1 Å². The van der Waals surface area contributed by atoms with E-state index in [9.17, 15) is 9.59 Å². The third-order valence-corrected chi connectivity index (χ3v) is 5.13. The third kappa shape index (κ3) is 4.51. The maximum Gasteiger partial charge on any atom is 0.227 e. The molecule has 1 saturated carbocycles. The van der Waals surface area contributed by atoms with Gasteiger partial charge in [0.1, 0.15) is 5.75 Å². The maximum atomic E-state index is 12.5. The Kier molecular flexibility index (Phi) is 5.91. The van der Waals surface area contributed by atoms with Crippen molar-refractivity contribution in [2.75, 3.05) is 38.7 Å². The van der Waals surface area contributed by atoms with E-state index in [1.54, 1.807) is 7.11 Å². The molecule has 1 aliphatic heterocycles. The molecule has 6 nitrogen and oxygen atoms in total. The standard InChI is InChI=1S/C19H26N2O4/c1-24-17-8-6-16(7-9-17)20-18(22)14-2-4-15(5-3-14)19(23)21-10-12-25-13-11-21/h6-9,14-15H,2-5,10-13H2,1H3,(H,20,22). The van der Waals surface area contributed by atoms with Gasteiger partial charge in [0.25, 0.3) is 0 Å². The molecule has 1 aliphatic carbocycles. The highest BCUT2D eigenvalue weighted by atomic mass is 16.5. The maximum absolute atomic E-state index is 12.5. The Bertz CT molecular complexity index is 588. The van der Waals surface area contributed by atoms with E-state index in [0.29, 0.717) is 26.3 Å². The molecule has 1 aromatic rings. The summed E-state index contributed by atoms with van der Waals surface area (Å²) in [5.41, 5.74) is 0.775. The van der Waals surface area contributed by atoms with Crippen LogP contribution in [0, 0.1) is 11.8 Å². The molecule has 1 heterocycles. The summed E-state index contributed by atoms with van der Waals surface area (Å²) < 4.78 is 10.4. The van der Waals surface area contributed by atoms with Gasteiger partial charge < -0.3 is 19.7 Å². The lowest BCUT2D eigenvalue weighted by atomic mass is 9.81. The number of amides is 2. The Balaban J connectivity index is 1.47. The second-order valence-corrected chi connectivity index (χ2v) is 6.70. The van der Waals surface area contributed by atoms with E-state index in [1.807, 2.05) is 29.2 Å². The molecule has 0 atom stereocenters. The number of benzene rings is 1. The molecule has 2 amide bonds.